The Kier molecular flexibility index (Phi) is 3.70. The van der Waals surface area contributed by atoms with E-state index in [1.807, 2.05) is 21.1 Å². The Morgan fingerprint density at radius 1 is 1.31 bits per heavy atom. The third-order valence-corrected chi connectivity index (χ3v) is 2.67. The minimum atomic E-state index is -1.26. The maximum Gasteiger partial charge on any atom is 0.316 e. The minimum Gasteiger partial charge on any atom is -0.481 e. The van der Waals surface area contributed by atoms with Gasteiger partial charge < -0.3 is 14.7 Å². The van der Waals surface area contributed by atoms with Crippen molar-refractivity contribution in [2.75, 3.05) is 27.7 Å². The van der Waals surface area contributed by atoms with Gasteiger partial charge in [-0.05, 0) is 12.8 Å². The Labute approximate surface area is 95.3 Å². The lowest BCUT2D eigenvalue weighted by Crippen LogP contribution is -2.48. The summed E-state index contributed by atoms with van der Waals surface area (Å²) in [4.78, 5) is 22.7. The number of quaternary nitrogens is 1. The number of ketones is 1. The van der Waals surface area contributed by atoms with Crippen LogP contribution < -0.4 is 0 Å². The molecule has 1 saturated carbocycles. The monoisotopic (exact) mass is 230 g/mol. The van der Waals surface area contributed by atoms with Crippen molar-refractivity contribution in [3.63, 3.8) is 0 Å². The molecule has 1 aliphatic carbocycles. The average molecular weight is 230 g/mol. The van der Waals surface area contributed by atoms with Crippen molar-refractivity contribution in [2.24, 2.45) is 11.8 Å². The van der Waals surface area contributed by atoms with Crippen molar-refractivity contribution < 1.29 is 24.3 Å². The number of aliphatic hydroxyl groups is 1. The quantitative estimate of drug-likeness (QED) is 0.487. The SMILES string of the molecule is C[N+](C)(C)CC(O)C(C(=O)O)C(=O)C1CC1. The van der Waals surface area contributed by atoms with Gasteiger partial charge in [0.2, 0.25) is 0 Å². The topological polar surface area (TPSA) is 74.6 Å². The van der Waals surface area contributed by atoms with Crippen LogP contribution in [0.1, 0.15) is 12.8 Å². The van der Waals surface area contributed by atoms with E-state index in [0.717, 1.165) is 12.8 Å². The molecular weight excluding hydrogens is 210 g/mol. The summed E-state index contributed by atoms with van der Waals surface area (Å²) in [5.41, 5.74) is 0. The second kappa shape index (κ2) is 4.51. The number of rotatable bonds is 6. The predicted molar refractivity (Wildman–Crippen MR) is 57.8 cm³/mol. The van der Waals surface area contributed by atoms with Crippen LogP contribution in [0.15, 0.2) is 0 Å². The summed E-state index contributed by atoms with van der Waals surface area (Å²) in [6.45, 7) is 0.259. The maximum absolute atomic E-state index is 11.7. The lowest BCUT2D eigenvalue weighted by Gasteiger charge is -2.28. The molecule has 5 nitrogen and oxygen atoms in total. The number of aliphatic hydroxyl groups excluding tert-OH is 1. The van der Waals surface area contributed by atoms with Crippen molar-refractivity contribution in [3.05, 3.63) is 0 Å². The van der Waals surface area contributed by atoms with Gasteiger partial charge in [-0.25, -0.2) is 0 Å². The van der Waals surface area contributed by atoms with E-state index in [1.165, 1.54) is 0 Å². The van der Waals surface area contributed by atoms with Gasteiger partial charge in [0.05, 0.1) is 21.1 Å². The maximum atomic E-state index is 11.7. The average Bonchev–Trinajstić information content (AvgIpc) is 2.80. The van der Waals surface area contributed by atoms with E-state index in [1.54, 1.807) is 0 Å². The first-order valence-corrected chi connectivity index (χ1v) is 5.47. The number of carboxylic acid groups (broad SMARTS) is 1. The van der Waals surface area contributed by atoms with Crippen molar-refractivity contribution in [1.29, 1.82) is 0 Å². The molecule has 92 valence electrons. The van der Waals surface area contributed by atoms with Gasteiger partial charge in [0, 0.05) is 5.92 Å². The number of carboxylic acids is 1. The third kappa shape index (κ3) is 3.57. The molecule has 1 rings (SSSR count). The zero-order chi connectivity index (χ0) is 12.5. The van der Waals surface area contributed by atoms with E-state index >= 15 is 0 Å². The Bertz CT molecular complexity index is 291. The van der Waals surface area contributed by atoms with E-state index in [4.69, 9.17) is 5.11 Å². The highest BCUT2D eigenvalue weighted by Gasteiger charge is 2.43. The molecule has 0 spiro atoms. The van der Waals surface area contributed by atoms with Gasteiger partial charge in [-0.15, -0.1) is 0 Å². The standard InChI is InChI=1S/C11H19NO4/c1-12(2,3)6-8(13)9(11(15)16)10(14)7-4-5-7/h7-9,13H,4-6H2,1-3H3/p+1. The first-order valence-electron chi connectivity index (χ1n) is 5.47. The largest absolute Gasteiger partial charge is 0.481 e. The first kappa shape index (κ1) is 13.1. The van der Waals surface area contributed by atoms with Gasteiger partial charge in [0.25, 0.3) is 0 Å². The first-order chi connectivity index (χ1) is 7.22. The van der Waals surface area contributed by atoms with Gasteiger partial charge in [-0.1, -0.05) is 0 Å². The molecule has 16 heavy (non-hydrogen) atoms. The number of Topliss-reactive ketones (excluding diaryl/α,β-unsaturated/α-hetero) is 1. The second-order valence-corrected chi connectivity index (χ2v) is 5.53. The Balaban J connectivity index is 2.69. The Hall–Kier alpha value is -0.940. The molecule has 2 N–H and O–H groups in total. The van der Waals surface area contributed by atoms with E-state index in [-0.39, 0.29) is 18.2 Å². The number of carbonyl (C=O) groups excluding carboxylic acids is 1. The summed E-state index contributed by atoms with van der Waals surface area (Å²) in [5.74, 6) is -2.92. The Morgan fingerprint density at radius 3 is 2.12 bits per heavy atom. The summed E-state index contributed by atoms with van der Waals surface area (Å²) < 4.78 is 0.433. The van der Waals surface area contributed by atoms with Gasteiger partial charge in [-0.3, -0.25) is 9.59 Å². The van der Waals surface area contributed by atoms with Crippen molar-refractivity contribution in [2.45, 2.75) is 18.9 Å². The highest BCUT2D eigenvalue weighted by Crippen LogP contribution is 2.33. The zero-order valence-electron chi connectivity index (χ0n) is 10.0. The van der Waals surface area contributed by atoms with Crippen molar-refractivity contribution in [1.82, 2.24) is 0 Å². The number of aliphatic carboxylic acids is 1. The summed E-state index contributed by atoms with van der Waals surface area (Å²) in [6, 6.07) is 0. The molecule has 0 aromatic rings. The van der Waals surface area contributed by atoms with Crippen LogP contribution >= 0.6 is 0 Å². The van der Waals surface area contributed by atoms with Crippen LogP contribution in [0.2, 0.25) is 0 Å². The fourth-order valence-corrected chi connectivity index (χ4v) is 1.76. The van der Waals surface area contributed by atoms with Crippen molar-refractivity contribution >= 4 is 11.8 Å². The minimum absolute atomic E-state index is 0.136. The van der Waals surface area contributed by atoms with E-state index in [9.17, 15) is 14.7 Å². The smallest absolute Gasteiger partial charge is 0.316 e. The molecule has 0 saturated heterocycles. The van der Waals surface area contributed by atoms with Gasteiger partial charge >= 0.3 is 5.97 Å². The fourth-order valence-electron chi connectivity index (χ4n) is 1.76. The highest BCUT2D eigenvalue weighted by atomic mass is 16.4. The van der Waals surface area contributed by atoms with Gasteiger partial charge in [0.15, 0.2) is 5.78 Å². The number of nitrogens with zero attached hydrogens (tertiary/aromatic N) is 1. The number of hydrogen-bond donors (Lipinski definition) is 2. The van der Waals surface area contributed by atoms with E-state index < -0.39 is 18.0 Å². The van der Waals surface area contributed by atoms with E-state index in [0.29, 0.717) is 4.48 Å². The molecule has 0 bridgehead atoms. The van der Waals surface area contributed by atoms with E-state index in [2.05, 4.69) is 0 Å². The summed E-state index contributed by atoms with van der Waals surface area (Å²) in [5, 5.41) is 18.8. The molecule has 1 aliphatic rings. The molecule has 5 heteroatoms. The zero-order valence-corrected chi connectivity index (χ0v) is 10.0. The summed E-state index contributed by atoms with van der Waals surface area (Å²) in [7, 11) is 5.55. The molecule has 1 fully saturated rings. The summed E-state index contributed by atoms with van der Waals surface area (Å²) in [6.07, 6.45) is 0.421. The van der Waals surface area contributed by atoms with Gasteiger partial charge in [0.1, 0.15) is 18.6 Å². The van der Waals surface area contributed by atoms with Gasteiger partial charge in [-0.2, -0.15) is 0 Å². The third-order valence-electron chi connectivity index (χ3n) is 2.67. The molecule has 0 amide bonds. The number of likely N-dealkylation sites (N-methyl/N-ethyl adjacent to an activating group) is 1. The molecule has 0 aliphatic heterocycles. The lowest BCUT2D eigenvalue weighted by atomic mass is 9.94. The Morgan fingerprint density at radius 2 is 1.81 bits per heavy atom. The normalized spacial score (nSPS) is 20.2. The van der Waals surface area contributed by atoms with Crippen LogP contribution in [0.25, 0.3) is 0 Å². The highest BCUT2D eigenvalue weighted by molar-refractivity contribution is 6.01. The van der Waals surface area contributed by atoms with Crippen molar-refractivity contribution in [3.8, 4) is 0 Å². The number of hydrogen-bond acceptors (Lipinski definition) is 3. The second-order valence-electron chi connectivity index (χ2n) is 5.53. The molecule has 0 aromatic carbocycles. The molecular formula is C11H20NO4+. The fraction of sp³-hybridized carbons (Fsp3) is 0.818. The van der Waals surface area contributed by atoms with Crippen LogP contribution in [0.4, 0.5) is 0 Å². The molecule has 0 heterocycles. The number of carbonyl (C=O) groups is 2. The van der Waals surface area contributed by atoms with Crippen LogP contribution in [0.5, 0.6) is 0 Å². The van der Waals surface area contributed by atoms with Crippen LogP contribution in [0, 0.1) is 11.8 Å². The molecule has 0 radical (unpaired) electrons. The lowest BCUT2D eigenvalue weighted by molar-refractivity contribution is -0.873. The molecule has 2 atom stereocenters. The predicted octanol–water partition coefficient (Wildman–Crippen LogP) is -0.267. The van der Waals surface area contributed by atoms with Crippen LogP contribution in [-0.4, -0.2) is 60.2 Å². The molecule has 2 unspecified atom stereocenters. The van der Waals surface area contributed by atoms with Crippen LogP contribution in [0.3, 0.4) is 0 Å². The summed E-state index contributed by atoms with van der Waals surface area (Å²) >= 11 is 0. The molecule has 0 aromatic heterocycles. The van der Waals surface area contributed by atoms with Crippen LogP contribution in [-0.2, 0) is 9.59 Å².